The summed E-state index contributed by atoms with van der Waals surface area (Å²) < 4.78 is 15.5. The van der Waals surface area contributed by atoms with Crippen LogP contribution in [0, 0.1) is 0 Å². The average molecular weight is 289 g/mol. The largest absolute Gasteiger partial charge is 0.497 e. The first-order chi connectivity index (χ1) is 10.2. The molecular formula is C16H19NO4. The molecule has 1 unspecified atom stereocenters. The zero-order chi connectivity index (χ0) is 15.2. The summed E-state index contributed by atoms with van der Waals surface area (Å²) in [5, 5.41) is 10.4. The summed E-state index contributed by atoms with van der Waals surface area (Å²) >= 11 is 0. The summed E-state index contributed by atoms with van der Waals surface area (Å²) in [4.78, 5) is 4.13. The Kier molecular flexibility index (Phi) is 5.00. The normalized spacial score (nSPS) is 11.8. The lowest BCUT2D eigenvalue weighted by molar-refractivity contribution is 0.173. The van der Waals surface area contributed by atoms with E-state index in [2.05, 4.69) is 4.98 Å². The summed E-state index contributed by atoms with van der Waals surface area (Å²) in [6, 6.07) is 9.01. The van der Waals surface area contributed by atoms with Gasteiger partial charge in [-0.25, -0.2) is 4.98 Å². The van der Waals surface area contributed by atoms with Crippen molar-refractivity contribution in [3.8, 4) is 17.4 Å². The van der Waals surface area contributed by atoms with Gasteiger partial charge in [-0.15, -0.1) is 0 Å². The number of aromatic nitrogens is 1. The van der Waals surface area contributed by atoms with E-state index < -0.39 is 6.10 Å². The maximum absolute atomic E-state index is 10.4. The third-order valence-corrected chi connectivity index (χ3v) is 3.24. The molecule has 1 aromatic heterocycles. The fraction of sp³-hybridized carbons (Fsp3) is 0.312. The van der Waals surface area contributed by atoms with Crippen molar-refractivity contribution in [3.63, 3.8) is 0 Å². The molecule has 0 radical (unpaired) electrons. The Hall–Kier alpha value is -2.27. The molecule has 0 aliphatic heterocycles. The monoisotopic (exact) mass is 289 g/mol. The third-order valence-electron chi connectivity index (χ3n) is 3.24. The van der Waals surface area contributed by atoms with Crippen LogP contribution in [-0.2, 0) is 6.42 Å². The van der Waals surface area contributed by atoms with Gasteiger partial charge in [0.1, 0.15) is 11.5 Å². The van der Waals surface area contributed by atoms with Gasteiger partial charge in [-0.3, -0.25) is 0 Å². The van der Waals surface area contributed by atoms with Crippen molar-refractivity contribution in [3.05, 3.63) is 47.7 Å². The smallest absolute Gasteiger partial charge is 0.212 e. The number of ether oxygens (including phenoxy) is 3. The fourth-order valence-electron chi connectivity index (χ4n) is 2.08. The van der Waals surface area contributed by atoms with E-state index in [1.165, 1.54) is 0 Å². The third kappa shape index (κ3) is 3.64. The van der Waals surface area contributed by atoms with E-state index in [-0.39, 0.29) is 0 Å². The molecule has 0 saturated carbocycles. The van der Waals surface area contributed by atoms with Crippen molar-refractivity contribution in [1.29, 1.82) is 0 Å². The van der Waals surface area contributed by atoms with Gasteiger partial charge in [0.25, 0.3) is 0 Å². The van der Waals surface area contributed by atoms with Crippen LogP contribution in [0.5, 0.6) is 17.4 Å². The molecule has 2 aromatic rings. The van der Waals surface area contributed by atoms with Gasteiger partial charge in [0.2, 0.25) is 5.88 Å². The second kappa shape index (κ2) is 6.95. The molecule has 0 saturated heterocycles. The fourth-order valence-corrected chi connectivity index (χ4v) is 2.08. The molecule has 2 rings (SSSR count). The maximum Gasteiger partial charge on any atom is 0.212 e. The second-order valence-corrected chi connectivity index (χ2v) is 4.54. The van der Waals surface area contributed by atoms with Crippen molar-refractivity contribution in [1.82, 2.24) is 4.98 Å². The van der Waals surface area contributed by atoms with Crippen LogP contribution < -0.4 is 14.2 Å². The quantitative estimate of drug-likeness (QED) is 0.884. The molecule has 1 heterocycles. The highest BCUT2D eigenvalue weighted by atomic mass is 16.5. The summed E-state index contributed by atoms with van der Waals surface area (Å²) in [5.74, 6) is 1.84. The lowest BCUT2D eigenvalue weighted by Gasteiger charge is -2.16. The molecule has 0 amide bonds. The van der Waals surface area contributed by atoms with Crippen molar-refractivity contribution < 1.29 is 19.3 Å². The summed E-state index contributed by atoms with van der Waals surface area (Å²) in [6.45, 7) is 0. The van der Waals surface area contributed by atoms with E-state index in [1.54, 1.807) is 51.8 Å². The van der Waals surface area contributed by atoms with Gasteiger partial charge in [-0.1, -0.05) is 6.07 Å². The highest BCUT2D eigenvalue weighted by Crippen LogP contribution is 2.31. The van der Waals surface area contributed by atoms with Crippen LogP contribution >= 0.6 is 0 Å². The predicted molar refractivity (Wildman–Crippen MR) is 79.0 cm³/mol. The zero-order valence-electron chi connectivity index (χ0n) is 12.4. The number of hydrogen-bond donors (Lipinski definition) is 1. The molecule has 112 valence electrons. The van der Waals surface area contributed by atoms with E-state index in [9.17, 15) is 5.11 Å². The van der Waals surface area contributed by atoms with Gasteiger partial charge in [0, 0.05) is 30.3 Å². The van der Waals surface area contributed by atoms with Crippen LogP contribution in [0.2, 0.25) is 0 Å². The Morgan fingerprint density at radius 2 is 1.86 bits per heavy atom. The van der Waals surface area contributed by atoms with Crippen LogP contribution in [0.3, 0.4) is 0 Å². The molecule has 1 N–H and O–H groups in total. The highest BCUT2D eigenvalue weighted by molar-refractivity contribution is 5.42. The first kappa shape index (κ1) is 15.1. The molecule has 0 spiro atoms. The lowest BCUT2D eigenvalue weighted by Crippen LogP contribution is -2.05. The van der Waals surface area contributed by atoms with E-state index in [0.717, 1.165) is 5.56 Å². The van der Waals surface area contributed by atoms with Crippen LogP contribution in [0.4, 0.5) is 0 Å². The molecule has 1 atom stereocenters. The Bertz CT molecular complexity index is 583. The highest BCUT2D eigenvalue weighted by Gasteiger charge is 2.15. The van der Waals surface area contributed by atoms with Crippen molar-refractivity contribution in [2.24, 2.45) is 0 Å². The molecule has 0 fully saturated rings. The number of nitrogens with zero attached hydrogens (tertiary/aromatic N) is 1. The van der Waals surface area contributed by atoms with E-state index in [0.29, 0.717) is 29.4 Å². The maximum atomic E-state index is 10.4. The van der Waals surface area contributed by atoms with Gasteiger partial charge >= 0.3 is 0 Å². The van der Waals surface area contributed by atoms with Crippen molar-refractivity contribution in [2.45, 2.75) is 12.5 Å². The molecule has 0 bridgehead atoms. The first-order valence-electron chi connectivity index (χ1n) is 6.56. The van der Waals surface area contributed by atoms with E-state index in [4.69, 9.17) is 14.2 Å². The van der Waals surface area contributed by atoms with Crippen LogP contribution in [0.25, 0.3) is 0 Å². The van der Waals surface area contributed by atoms with Crippen molar-refractivity contribution >= 4 is 0 Å². The van der Waals surface area contributed by atoms with Gasteiger partial charge in [-0.05, 0) is 17.7 Å². The van der Waals surface area contributed by atoms with Crippen molar-refractivity contribution in [2.75, 3.05) is 21.3 Å². The van der Waals surface area contributed by atoms with Crippen LogP contribution in [-0.4, -0.2) is 31.4 Å². The number of hydrogen-bond acceptors (Lipinski definition) is 5. The van der Waals surface area contributed by atoms with Crippen LogP contribution in [0.15, 0.2) is 36.5 Å². The minimum Gasteiger partial charge on any atom is -0.497 e. The van der Waals surface area contributed by atoms with E-state index in [1.807, 2.05) is 6.07 Å². The number of aliphatic hydroxyl groups excluding tert-OH is 1. The topological polar surface area (TPSA) is 60.8 Å². The molecule has 0 aliphatic carbocycles. The number of rotatable bonds is 6. The second-order valence-electron chi connectivity index (χ2n) is 4.54. The predicted octanol–water partition coefficient (Wildman–Crippen LogP) is 2.38. The standard InChI is InChI=1S/C16H19NO4/c1-19-12-5-6-13(15(9-12)20-2)14(18)8-11-4-7-16(21-3)17-10-11/h4-7,9-10,14,18H,8H2,1-3H3. The van der Waals surface area contributed by atoms with Gasteiger partial charge < -0.3 is 19.3 Å². The minimum atomic E-state index is -0.680. The lowest BCUT2D eigenvalue weighted by atomic mass is 10.0. The SMILES string of the molecule is COc1ccc(C(O)Cc2ccc(OC)nc2)c(OC)c1. The molecule has 21 heavy (non-hydrogen) atoms. The molecule has 5 nitrogen and oxygen atoms in total. The number of methoxy groups -OCH3 is 3. The molecule has 1 aromatic carbocycles. The Labute approximate surface area is 124 Å². The van der Waals surface area contributed by atoms with E-state index >= 15 is 0 Å². The summed E-state index contributed by atoms with van der Waals surface area (Å²) in [6.07, 6.45) is 1.46. The number of pyridine rings is 1. The molecule has 5 heteroatoms. The number of aliphatic hydroxyl groups is 1. The minimum absolute atomic E-state index is 0.444. The summed E-state index contributed by atoms with van der Waals surface area (Å²) in [7, 11) is 4.73. The zero-order valence-corrected chi connectivity index (χ0v) is 12.4. The van der Waals surface area contributed by atoms with Gasteiger partial charge in [-0.2, -0.15) is 0 Å². The molecule has 0 aliphatic rings. The Balaban J connectivity index is 2.17. The van der Waals surface area contributed by atoms with Crippen LogP contribution in [0.1, 0.15) is 17.2 Å². The summed E-state index contributed by atoms with van der Waals surface area (Å²) in [5.41, 5.74) is 1.63. The average Bonchev–Trinajstić information content (AvgIpc) is 2.54. The number of benzene rings is 1. The molecular weight excluding hydrogens is 270 g/mol. The van der Waals surface area contributed by atoms with Gasteiger partial charge in [0.15, 0.2) is 0 Å². The first-order valence-corrected chi connectivity index (χ1v) is 6.56. The Morgan fingerprint density at radius 1 is 1.05 bits per heavy atom. The Morgan fingerprint density at radius 3 is 2.43 bits per heavy atom. The van der Waals surface area contributed by atoms with Gasteiger partial charge in [0.05, 0.1) is 27.4 Å².